The molecule has 3 heteroatoms. The molecule has 2 saturated carbocycles. The monoisotopic (exact) mass is 266 g/mol. The van der Waals surface area contributed by atoms with Crippen molar-refractivity contribution in [2.24, 2.45) is 11.8 Å². The van der Waals surface area contributed by atoms with Gasteiger partial charge in [0.05, 0.1) is 0 Å². The molecule has 3 unspecified atom stereocenters. The highest BCUT2D eigenvalue weighted by molar-refractivity contribution is 4.93. The first kappa shape index (κ1) is 13.8. The van der Waals surface area contributed by atoms with Gasteiger partial charge in [0.25, 0.3) is 0 Å². The summed E-state index contributed by atoms with van der Waals surface area (Å²) in [5, 5.41) is 7.42. The fraction of sp³-hybridized carbons (Fsp3) is 1.00. The van der Waals surface area contributed by atoms with Crippen molar-refractivity contribution in [2.75, 3.05) is 26.3 Å². The molecule has 0 radical (unpaired) electrons. The molecule has 2 N–H and O–H groups in total. The number of rotatable bonds is 8. The number of hydrogen-bond donors (Lipinski definition) is 2. The molecule has 3 nitrogen and oxygen atoms in total. The molecule has 0 aromatic heterocycles. The van der Waals surface area contributed by atoms with Crippen molar-refractivity contribution in [1.29, 1.82) is 0 Å². The summed E-state index contributed by atoms with van der Waals surface area (Å²) in [6.07, 6.45) is 11.1. The molecule has 0 spiro atoms. The van der Waals surface area contributed by atoms with Crippen LogP contribution in [0.15, 0.2) is 0 Å². The number of hydrogen-bond acceptors (Lipinski definition) is 3. The fourth-order valence-electron chi connectivity index (χ4n) is 3.70. The lowest BCUT2D eigenvalue weighted by Gasteiger charge is -2.24. The summed E-state index contributed by atoms with van der Waals surface area (Å²) < 4.78 is 5.65. The number of nitrogens with one attached hydrogen (secondary N) is 2. The zero-order valence-electron chi connectivity index (χ0n) is 12.2. The van der Waals surface area contributed by atoms with Gasteiger partial charge in [-0.3, -0.25) is 0 Å². The smallest absolute Gasteiger partial charge is 0.0494 e. The van der Waals surface area contributed by atoms with Gasteiger partial charge in [-0.25, -0.2) is 0 Å². The average molecular weight is 266 g/mol. The van der Waals surface area contributed by atoms with Crippen LogP contribution in [0.3, 0.4) is 0 Å². The van der Waals surface area contributed by atoms with Crippen LogP contribution in [-0.4, -0.2) is 38.4 Å². The molecule has 0 aromatic rings. The summed E-state index contributed by atoms with van der Waals surface area (Å²) in [6.45, 7) is 4.20. The minimum Gasteiger partial charge on any atom is -0.381 e. The van der Waals surface area contributed by atoms with Gasteiger partial charge >= 0.3 is 0 Å². The van der Waals surface area contributed by atoms with E-state index in [1.54, 1.807) is 0 Å². The Morgan fingerprint density at radius 3 is 2.84 bits per heavy atom. The van der Waals surface area contributed by atoms with Crippen molar-refractivity contribution in [3.05, 3.63) is 0 Å². The zero-order chi connectivity index (χ0) is 12.9. The maximum absolute atomic E-state index is 5.65. The molecular formula is C16H30N2O. The lowest BCUT2D eigenvalue weighted by atomic mass is 9.85. The first-order valence-electron chi connectivity index (χ1n) is 8.46. The van der Waals surface area contributed by atoms with E-state index in [9.17, 15) is 0 Å². The summed E-state index contributed by atoms with van der Waals surface area (Å²) >= 11 is 0. The molecule has 110 valence electrons. The Kier molecular flexibility index (Phi) is 5.14. The summed E-state index contributed by atoms with van der Waals surface area (Å²) in [4.78, 5) is 0. The average Bonchev–Trinajstić information content (AvgIpc) is 3.15. The molecule has 1 saturated heterocycles. The van der Waals surface area contributed by atoms with Crippen molar-refractivity contribution in [2.45, 2.75) is 63.5 Å². The van der Waals surface area contributed by atoms with E-state index < -0.39 is 0 Å². The van der Waals surface area contributed by atoms with Crippen LogP contribution in [0.25, 0.3) is 0 Å². The molecule has 0 amide bonds. The van der Waals surface area contributed by atoms with Crippen LogP contribution >= 0.6 is 0 Å². The second-order valence-corrected chi connectivity index (χ2v) is 6.83. The van der Waals surface area contributed by atoms with E-state index in [0.29, 0.717) is 0 Å². The van der Waals surface area contributed by atoms with E-state index in [-0.39, 0.29) is 0 Å². The lowest BCUT2D eigenvalue weighted by molar-refractivity contribution is 0.122. The first-order chi connectivity index (χ1) is 9.42. The third-order valence-electron chi connectivity index (χ3n) is 5.03. The van der Waals surface area contributed by atoms with Gasteiger partial charge in [-0.1, -0.05) is 12.8 Å². The summed E-state index contributed by atoms with van der Waals surface area (Å²) in [5.74, 6) is 1.88. The van der Waals surface area contributed by atoms with Gasteiger partial charge in [-0.15, -0.1) is 0 Å². The third-order valence-corrected chi connectivity index (χ3v) is 5.03. The third kappa shape index (κ3) is 4.44. The van der Waals surface area contributed by atoms with Crippen molar-refractivity contribution in [1.82, 2.24) is 10.6 Å². The van der Waals surface area contributed by atoms with E-state index in [4.69, 9.17) is 4.74 Å². The van der Waals surface area contributed by atoms with Crippen molar-refractivity contribution in [3.63, 3.8) is 0 Å². The van der Waals surface area contributed by atoms with Crippen LogP contribution in [-0.2, 0) is 4.74 Å². The maximum atomic E-state index is 5.65. The van der Waals surface area contributed by atoms with E-state index in [1.165, 1.54) is 44.9 Å². The van der Waals surface area contributed by atoms with Gasteiger partial charge in [0.15, 0.2) is 0 Å². The predicted octanol–water partition coefficient (Wildman–Crippen LogP) is 2.31. The summed E-state index contributed by atoms with van der Waals surface area (Å²) in [7, 11) is 0. The minimum atomic E-state index is 0.723. The molecule has 0 aromatic carbocycles. The van der Waals surface area contributed by atoms with E-state index >= 15 is 0 Å². The molecule has 3 rings (SSSR count). The van der Waals surface area contributed by atoms with Crippen LogP contribution in [0.5, 0.6) is 0 Å². The van der Waals surface area contributed by atoms with Gasteiger partial charge in [-0.2, -0.15) is 0 Å². The Labute approximate surface area is 117 Å². The second kappa shape index (κ2) is 7.05. The van der Waals surface area contributed by atoms with E-state index in [0.717, 1.165) is 56.6 Å². The summed E-state index contributed by atoms with van der Waals surface area (Å²) in [5.41, 5.74) is 0. The molecule has 2 aliphatic carbocycles. The maximum Gasteiger partial charge on any atom is 0.0494 e. The van der Waals surface area contributed by atoms with E-state index in [2.05, 4.69) is 10.6 Å². The van der Waals surface area contributed by atoms with Crippen LogP contribution in [0.2, 0.25) is 0 Å². The zero-order valence-corrected chi connectivity index (χ0v) is 12.2. The largest absolute Gasteiger partial charge is 0.381 e. The van der Waals surface area contributed by atoms with Crippen molar-refractivity contribution < 1.29 is 4.74 Å². The summed E-state index contributed by atoms with van der Waals surface area (Å²) in [6, 6.07) is 1.56. The highest BCUT2D eigenvalue weighted by atomic mass is 16.5. The normalized spacial score (nSPS) is 34.4. The van der Waals surface area contributed by atoms with Gasteiger partial charge in [-0.05, 0) is 56.9 Å². The first-order valence-corrected chi connectivity index (χ1v) is 8.46. The Hall–Kier alpha value is -0.120. The lowest BCUT2D eigenvalue weighted by Crippen LogP contribution is -2.38. The van der Waals surface area contributed by atoms with Crippen LogP contribution in [0.1, 0.15) is 51.4 Å². The number of ether oxygens (including phenoxy) is 1. The van der Waals surface area contributed by atoms with Crippen LogP contribution in [0.4, 0.5) is 0 Å². The standard InChI is InChI=1S/C16H30N2O/c1-2-5-16-14(4-1)10-15(18-16)11-17-8-3-9-19-12-13-6-7-13/h13-18H,1-12H2. The molecule has 3 fully saturated rings. The van der Waals surface area contributed by atoms with Gasteiger partial charge in [0, 0.05) is 31.8 Å². The molecular weight excluding hydrogens is 236 g/mol. The SMILES string of the molecule is C(CNCC1CC2CCCCC2N1)COCC1CC1. The topological polar surface area (TPSA) is 33.3 Å². The molecule has 3 aliphatic rings. The van der Waals surface area contributed by atoms with Crippen LogP contribution in [0, 0.1) is 11.8 Å². The van der Waals surface area contributed by atoms with Crippen molar-refractivity contribution in [3.8, 4) is 0 Å². The molecule has 1 heterocycles. The molecule has 19 heavy (non-hydrogen) atoms. The van der Waals surface area contributed by atoms with Gasteiger partial charge < -0.3 is 15.4 Å². The number of fused-ring (bicyclic) bond motifs is 1. The predicted molar refractivity (Wildman–Crippen MR) is 78.3 cm³/mol. The molecule has 1 aliphatic heterocycles. The second-order valence-electron chi connectivity index (χ2n) is 6.83. The Balaban J connectivity index is 1.18. The van der Waals surface area contributed by atoms with Crippen LogP contribution < -0.4 is 10.6 Å². The van der Waals surface area contributed by atoms with Gasteiger partial charge in [0.2, 0.25) is 0 Å². The minimum absolute atomic E-state index is 0.723. The molecule has 3 atom stereocenters. The molecule has 0 bridgehead atoms. The Morgan fingerprint density at radius 1 is 1.11 bits per heavy atom. The quantitative estimate of drug-likeness (QED) is 0.662. The van der Waals surface area contributed by atoms with Gasteiger partial charge in [0.1, 0.15) is 0 Å². The van der Waals surface area contributed by atoms with E-state index in [1.807, 2.05) is 0 Å². The highest BCUT2D eigenvalue weighted by Crippen LogP contribution is 2.32. The highest BCUT2D eigenvalue weighted by Gasteiger charge is 2.34. The Morgan fingerprint density at radius 2 is 2.00 bits per heavy atom. The Bertz CT molecular complexity index is 253. The van der Waals surface area contributed by atoms with Crippen molar-refractivity contribution >= 4 is 0 Å². The fourth-order valence-corrected chi connectivity index (χ4v) is 3.70.